The van der Waals surface area contributed by atoms with E-state index in [1.54, 1.807) is 52.1 Å². The maximum absolute atomic E-state index is 12.8. The summed E-state index contributed by atoms with van der Waals surface area (Å²) in [4.78, 5) is 29.4. The van der Waals surface area contributed by atoms with Crippen molar-refractivity contribution in [1.29, 1.82) is 0 Å². The number of aromatic amines is 1. The molecule has 0 bridgehead atoms. The van der Waals surface area contributed by atoms with Gasteiger partial charge in [0.1, 0.15) is 22.9 Å². The van der Waals surface area contributed by atoms with Crippen LogP contribution in [-0.4, -0.2) is 35.8 Å². The van der Waals surface area contributed by atoms with Crippen LogP contribution in [0.1, 0.15) is 39.6 Å². The summed E-state index contributed by atoms with van der Waals surface area (Å²) in [5.41, 5.74) is -0.438. The van der Waals surface area contributed by atoms with Crippen molar-refractivity contribution >= 4 is 11.7 Å². The zero-order valence-corrected chi connectivity index (χ0v) is 14.5. The van der Waals surface area contributed by atoms with Crippen molar-refractivity contribution in [2.75, 3.05) is 0 Å². The van der Waals surface area contributed by atoms with Crippen LogP contribution in [0.15, 0.2) is 35.4 Å². The molecule has 0 spiro atoms. The number of H-pyrrole nitrogens is 1. The summed E-state index contributed by atoms with van der Waals surface area (Å²) in [6.45, 7) is 7.08. The molecule has 0 aliphatic heterocycles. The van der Waals surface area contributed by atoms with Gasteiger partial charge < -0.3 is 10.1 Å². The Balaban J connectivity index is 2.04. The number of amides is 1. The van der Waals surface area contributed by atoms with Gasteiger partial charge >= 0.3 is 11.8 Å². The molecule has 3 aromatic rings. The minimum Gasteiger partial charge on any atom is -0.444 e. The highest BCUT2D eigenvalue weighted by atomic mass is 16.6. The number of hydrogen-bond donors (Lipinski definition) is 2. The molecule has 3 heterocycles. The molecule has 1 amide bonds. The Morgan fingerprint density at radius 3 is 2.76 bits per heavy atom. The Bertz CT molecular complexity index is 949. The maximum atomic E-state index is 12.8. The van der Waals surface area contributed by atoms with Gasteiger partial charge in [-0.15, -0.1) is 0 Å². The maximum Gasteiger partial charge on any atom is 0.408 e. The van der Waals surface area contributed by atoms with Crippen LogP contribution >= 0.6 is 0 Å². The van der Waals surface area contributed by atoms with Gasteiger partial charge in [0.25, 0.3) is 0 Å². The van der Waals surface area contributed by atoms with Crippen LogP contribution < -0.4 is 11.0 Å². The van der Waals surface area contributed by atoms with Gasteiger partial charge in [-0.2, -0.15) is 5.10 Å². The summed E-state index contributed by atoms with van der Waals surface area (Å²) in [6, 6.07) is 4.55. The predicted octanol–water partition coefficient (Wildman–Crippen LogP) is 1.79. The minimum absolute atomic E-state index is 0.313. The fourth-order valence-corrected chi connectivity index (χ4v) is 2.44. The summed E-state index contributed by atoms with van der Waals surface area (Å²) < 4.78 is 8.07. The number of rotatable bonds is 3. The predicted molar refractivity (Wildman–Crippen MR) is 90.7 cm³/mol. The van der Waals surface area contributed by atoms with Gasteiger partial charge in [0, 0.05) is 12.3 Å². The average Bonchev–Trinajstić information content (AvgIpc) is 3.15. The van der Waals surface area contributed by atoms with Crippen molar-refractivity contribution < 1.29 is 9.53 Å². The van der Waals surface area contributed by atoms with Gasteiger partial charge in [-0.25, -0.2) is 19.1 Å². The molecule has 1 unspecified atom stereocenters. The van der Waals surface area contributed by atoms with Gasteiger partial charge in [-0.05, 0) is 39.8 Å². The number of nitrogens with zero attached hydrogens (tertiary/aromatic N) is 4. The first-order valence-electron chi connectivity index (χ1n) is 7.85. The first kappa shape index (κ1) is 16.7. The van der Waals surface area contributed by atoms with Crippen LogP contribution in [-0.2, 0) is 4.74 Å². The highest BCUT2D eigenvalue weighted by Crippen LogP contribution is 2.15. The Morgan fingerprint density at radius 1 is 1.36 bits per heavy atom. The van der Waals surface area contributed by atoms with E-state index in [0.29, 0.717) is 17.3 Å². The molecule has 25 heavy (non-hydrogen) atoms. The fraction of sp³-hybridized carbons (Fsp3) is 0.375. The number of carbonyl (C=O) groups excluding carboxylic acids is 1. The zero-order chi connectivity index (χ0) is 18.2. The lowest BCUT2D eigenvalue weighted by Gasteiger charge is -2.22. The Hall–Kier alpha value is -3.10. The number of nitrogens with one attached hydrogen (secondary N) is 2. The lowest BCUT2D eigenvalue weighted by atomic mass is 10.2. The SMILES string of the molecule is CC(NC(=O)OC(C)(C)C)c1nc2cccn2c(=O)n1-c1ccn[nH]1. The molecule has 9 heteroatoms. The van der Waals surface area contributed by atoms with E-state index in [2.05, 4.69) is 20.5 Å². The van der Waals surface area contributed by atoms with Gasteiger partial charge in [0.05, 0.1) is 12.2 Å². The topological polar surface area (TPSA) is 106 Å². The summed E-state index contributed by atoms with van der Waals surface area (Å²) in [5, 5.41) is 9.35. The number of hydrogen-bond acceptors (Lipinski definition) is 5. The van der Waals surface area contributed by atoms with Gasteiger partial charge in [0.15, 0.2) is 0 Å². The first-order chi connectivity index (χ1) is 11.8. The summed E-state index contributed by atoms with van der Waals surface area (Å²) in [5.74, 6) is 0.826. The first-order valence-corrected chi connectivity index (χ1v) is 7.85. The van der Waals surface area contributed by atoms with Crippen LogP contribution in [0.3, 0.4) is 0 Å². The number of ether oxygens (including phenoxy) is 1. The number of alkyl carbamates (subject to hydrolysis) is 1. The monoisotopic (exact) mass is 344 g/mol. The molecular weight excluding hydrogens is 324 g/mol. The molecule has 1 atom stereocenters. The van der Waals surface area contributed by atoms with Crippen molar-refractivity contribution in [1.82, 2.24) is 29.5 Å². The van der Waals surface area contributed by atoms with E-state index in [1.807, 2.05) is 0 Å². The standard InChI is InChI=1S/C16H20N6O3/c1-10(18-14(23)25-16(2,3)4)13-19-11-6-5-9-21(11)15(24)22(13)12-7-8-17-20-12/h5-10H,1-4H3,(H,17,20)(H,18,23). The second-order valence-electron chi connectivity index (χ2n) is 6.63. The van der Waals surface area contributed by atoms with Crippen molar-refractivity contribution in [2.45, 2.75) is 39.3 Å². The molecule has 2 N–H and O–H groups in total. The Labute approximate surface area is 143 Å². The normalized spacial score (nSPS) is 13.0. The number of carbonyl (C=O) groups is 1. The molecule has 0 radical (unpaired) electrons. The second kappa shape index (κ2) is 6.08. The number of fused-ring (bicyclic) bond motifs is 1. The van der Waals surface area contributed by atoms with E-state index >= 15 is 0 Å². The molecular formula is C16H20N6O3. The summed E-state index contributed by atoms with van der Waals surface area (Å²) >= 11 is 0. The molecule has 0 aromatic carbocycles. The van der Waals surface area contributed by atoms with E-state index < -0.39 is 17.7 Å². The molecule has 0 fully saturated rings. The van der Waals surface area contributed by atoms with E-state index in [1.165, 1.54) is 15.2 Å². The van der Waals surface area contributed by atoms with Crippen LogP contribution in [0.4, 0.5) is 4.79 Å². The van der Waals surface area contributed by atoms with Crippen molar-refractivity contribution in [3.63, 3.8) is 0 Å². The van der Waals surface area contributed by atoms with E-state index in [9.17, 15) is 9.59 Å². The third-order valence-corrected chi connectivity index (χ3v) is 3.43. The van der Waals surface area contributed by atoms with Gasteiger partial charge in [-0.3, -0.25) is 9.50 Å². The largest absolute Gasteiger partial charge is 0.444 e. The molecule has 0 saturated carbocycles. The third kappa shape index (κ3) is 3.39. The lowest BCUT2D eigenvalue weighted by Crippen LogP contribution is -2.38. The Morgan fingerprint density at radius 2 is 2.12 bits per heavy atom. The smallest absolute Gasteiger partial charge is 0.408 e. The van der Waals surface area contributed by atoms with Crippen molar-refractivity contribution in [3.05, 3.63) is 46.9 Å². The zero-order valence-electron chi connectivity index (χ0n) is 14.5. The molecule has 3 aromatic heterocycles. The second-order valence-corrected chi connectivity index (χ2v) is 6.63. The van der Waals surface area contributed by atoms with Crippen LogP contribution in [0.25, 0.3) is 11.5 Å². The average molecular weight is 344 g/mol. The van der Waals surface area contributed by atoms with Crippen LogP contribution in [0, 0.1) is 0 Å². The molecule has 9 nitrogen and oxygen atoms in total. The molecule has 132 valence electrons. The van der Waals surface area contributed by atoms with E-state index in [-0.39, 0.29) is 5.69 Å². The minimum atomic E-state index is -0.619. The quantitative estimate of drug-likeness (QED) is 0.753. The van der Waals surface area contributed by atoms with Gasteiger partial charge in [0.2, 0.25) is 0 Å². The number of aromatic nitrogens is 5. The van der Waals surface area contributed by atoms with Crippen LogP contribution in [0.2, 0.25) is 0 Å². The van der Waals surface area contributed by atoms with Gasteiger partial charge in [-0.1, -0.05) is 0 Å². The third-order valence-electron chi connectivity index (χ3n) is 3.43. The molecule has 3 rings (SSSR count). The van der Waals surface area contributed by atoms with Crippen molar-refractivity contribution in [3.8, 4) is 5.82 Å². The molecule has 0 aliphatic rings. The van der Waals surface area contributed by atoms with Crippen LogP contribution in [0.5, 0.6) is 0 Å². The summed E-state index contributed by atoms with van der Waals surface area (Å²) in [6.07, 6.45) is 2.59. The highest BCUT2D eigenvalue weighted by molar-refractivity contribution is 5.68. The van der Waals surface area contributed by atoms with E-state index in [0.717, 1.165) is 0 Å². The molecule has 0 aliphatic carbocycles. The highest BCUT2D eigenvalue weighted by Gasteiger charge is 2.23. The van der Waals surface area contributed by atoms with Crippen molar-refractivity contribution in [2.24, 2.45) is 0 Å². The fourth-order valence-electron chi connectivity index (χ4n) is 2.44. The lowest BCUT2D eigenvalue weighted by molar-refractivity contribution is 0.0505. The molecule has 0 saturated heterocycles. The Kier molecular flexibility index (Phi) is 4.07. The van der Waals surface area contributed by atoms with E-state index in [4.69, 9.17) is 4.74 Å². The summed E-state index contributed by atoms with van der Waals surface area (Å²) in [7, 11) is 0.